The van der Waals surface area contributed by atoms with Gasteiger partial charge in [-0.1, -0.05) is 0 Å². The second kappa shape index (κ2) is 2.67. The summed E-state index contributed by atoms with van der Waals surface area (Å²) in [5.74, 6) is 0. The first-order chi connectivity index (χ1) is 6.18. The molecule has 66 valence electrons. The Bertz CT molecular complexity index is 480. The van der Waals surface area contributed by atoms with Gasteiger partial charge in [0, 0.05) is 23.9 Å². The van der Waals surface area contributed by atoms with Crippen LogP contribution in [0.5, 0.6) is 0 Å². The molecule has 7 heteroatoms. The lowest BCUT2D eigenvalue weighted by atomic mass is 10.3. The zero-order valence-corrected chi connectivity index (χ0v) is 6.97. The van der Waals surface area contributed by atoms with Gasteiger partial charge in [0.1, 0.15) is 11.0 Å². The Morgan fingerprint density at radius 3 is 3.00 bits per heavy atom. The maximum atomic E-state index is 10.4. The largest absolute Gasteiger partial charge is 0.271 e. The molecule has 0 radical (unpaired) electrons. The van der Waals surface area contributed by atoms with Gasteiger partial charge in [-0.15, -0.1) is 5.10 Å². The van der Waals surface area contributed by atoms with E-state index in [1.807, 2.05) is 0 Å². The highest BCUT2D eigenvalue weighted by atomic mass is 35.5. The number of benzene rings is 1. The third kappa shape index (κ3) is 1.20. The summed E-state index contributed by atoms with van der Waals surface area (Å²) < 4.78 is 1.04. The van der Waals surface area contributed by atoms with Gasteiger partial charge >= 0.3 is 0 Å². The summed E-state index contributed by atoms with van der Waals surface area (Å²) in [6.45, 7) is 0. The van der Waals surface area contributed by atoms with Crippen LogP contribution in [-0.4, -0.2) is 19.4 Å². The Hall–Kier alpha value is -1.69. The molecule has 2 rings (SSSR count). The van der Waals surface area contributed by atoms with Crippen LogP contribution in [0.15, 0.2) is 18.2 Å². The lowest BCUT2D eigenvalue weighted by Gasteiger charge is -1.90. The van der Waals surface area contributed by atoms with Crippen LogP contribution in [0.25, 0.3) is 11.0 Å². The first-order valence-electron chi connectivity index (χ1n) is 3.34. The molecule has 0 atom stereocenters. The fraction of sp³-hybridized carbons (Fsp3) is 0. The summed E-state index contributed by atoms with van der Waals surface area (Å²) >= 11 is 5.58. The van der Waals surface area contributed by atoms with Crippen LogP contribution in [0, 0.1) is 10.1 Å². The smallest absolute Gasteiger partial charge is 0.258 e. The molecule has 0 aliphatic heterocycles. The molecule has 0 N–H and O–H groups in total. The van der Waals surface area contributed by atoms with Crippen molar-refractivity contribution >= 4 is 28.5 Å². The number of non-ortho nitro benzene ring substituents is 1. The summed E-state index contributed by atoms with van der Waals surface area (Å²) in [4.78, 5) is 9.88. The first kappa shape index (κ1) is 7.93. The van der Waals surface area contributed by atoms with Crippen molar-refractivity contribution in [3.63, 3.8) is 0 Å². The topological polar surface area (TPSA) is 73.8 Å². The molecule has 0 spiro atoms. The fourth-order valence-corrected chi connectivity index (χ4v) is 1.17. The third-order valence-electron chi connectivity index (χ3n) is 1.60. The average molecular weight is 199 g/mol. The molecular formula is C6H3ClN4O2. The normalized spacial score (nSPS) is 10.5. The van der Waals surface area contributed by atoms with Gasteiger partial charge < -0.3 is 0 Å². The van der Waals surface area contributed by atoms with E-state index in [9.17, 15) is 10.1 Å². The number of halogens is 1. The molecule has 0 aliphatic rings. The second-order valence-electron chi connectivity index (χ2n) is 2.38. The van der Waals surface area contributed by atoms with E-state index in [0.717, 1.165) is 4.20 Å². The van der Waals surface area contributed by atoms with Crippen LogP contribution >= 0.6 is 11.8 Å². The number of fused-ring (bicyclic) bond motifs is 1. The lowest BCUT2D eigenvalue weighted by Crippen LogP contribution is -1.87. The molecule has 6 nitrogen and oxygen atoms in total. The molecule has 0 saturated carbocycles. The van der Waals surface area contributed by atoms with E-state index in [1.165, 1.54) is 18.2 Å². The van der Waals surface area contributed by atoms with E-state index in [-0.39, 0.29) is 5.69 Å². The van der Waals surface area contributed by atoms with Crippen LogP contribution in [0.3, 0.4) is 0 Å². The SMILES string of the molecule is O=[N+]([O-])c1ccc2c(c1)nnn2Cl. The standard InChI is InChI=1S/C6H3ClN4O2/c7-10-6-2-1-4(11(12)13)3-5(6)8-9-10/h1-3H. The molecule has 0 aliphatic carbocycles. The lowest BCUT2D eigenvalue weighted by molar-refractivity contribution is -0.384. The third-order valence-corrected chi connectivity index (χ3v) is 1.85. The molecule has 2 aromatic rings. The Morgan fingerprint density at radius 2 is 2.31 bits per heavy atom. The van der Waals surface area contributed by atoms with E-state index in [4.69, 9.17) is 11.8 Å². The second-order valence-corrected chi connectivity index (χ2v) is 2.70. The summed E-state index contributed by atoms with van der Waals surface area (Å²) in [5, 5.41) is 17.5. The van der Waals surface area contributed by atoms with Crippen molar-refractivity contribution < 1.29 is 4.92 Å². The highest BCUT2D eigenvalue weighted by molar-refractivity contribution is 6.17. The van der Waals surface area contributed by atoms with Gasteiger partial charge in [-0.25, -0.2) is 0 Å². The van der Waals surface area contributed by atoms with Crippen molar-refractivity contribution in [1.29, 1.82) is 0 Å². The molecule has 0 unspecified atom stereocenters. The molecule has 1 aromatic heterocycles. The summed E-state index contributed by atoms with van der Waals surface area (Å²) in [5.41, 5.74) is 0.932. The van der Waals surface area contributed by atoms with Crippen molar-refractivity contribution in [3.05, 3.63) is 28.3 Å². The van der Waals surface area contributed by atoms with Crippen molar-refractivity contribution in [2.45, 2.75) is 0 Å². The van der Waals surface area contributed by atoms with Crippen LogP contribution in [0.2, 0.25) is 0 Å². The number of rotatable bonds is 1. The number of aromatic nitrogens is 3. The first-order valence-corrected chi connectivity index (χ1v) is 3.68. The van der Waals surface area contributed by atoms with Gasteiger partial charge in [-0.2, -0.15) is 4.20 Å². The Labute approximate surface area is 77.0 Å². The zero-order valence-electron chi connectivity index (χ0n) is 6.22. The predicted octanol–water partition coefficient (Wildman–Crippen LogP) is 1.34. The van der Waals surface area contributed by atoms with Crippen LogP contribution in [-0.2, 0) is 0 Å². The number of nitrogens with zero attached hydrogens (tertiary/aromatic N) is 4. The summed E-state index contributed by atoms with van der Waals surface area (Å²) in [6.07, 6.45) is 0. The van der Waals surface area contributed by atoms with Gasteiger partial charge in [-0.05, 0) is 11.3 Å². The summed E-state index contributed by atoms with van der Waals surface area (Å²) in [7, 11) is 0. The number of hydrogen-bond donors (Lipinski definition) is 0. The zero-order chi connectivity index (χ0) is 9.42. The van der Waals surface area contributed by atoms with Crippen molar-refractivity contribution in [1.82, 2.24) is 14.5 Å². The molecular weight excluding hydrogens is 196 g/mol. The van der Waals surface area contributed by atoms with Gasteiger partial charge in [0.15, 0.2) is 0 Å². The van der Waals surface area contributed by atoms with Gasteiger partial charge in [0.05, 0.1) is 4.92 Å². The number of nitro groups is 1. The summed E-state index contributed by atoms with van der Waals surface area (Å²) in [6, 6.07) is 4.17. The molecule has 0 fully saturated rings. The van der Waals surface area contributed by atoms with E-state index >= 15 is 0 Å². The maximum absolute atomic E-state index is 10.4. The fourth-order valence-electron chi connectivity index (χ4n) is 0.997. The highest BCUT2D eigenvalue weighted by Crippen LogP contribution is 2.18. The Morgan fingerprint density at radius 1 is 1.54 bits per heavy atom. The number of nitro benzene ring substituents is 1. The molecule has 0 amide bonds. The Balaban J connectivity index is 2.70. The monoisotopic (exact) mass is 198 g/mol. The van der Waals surface area contributed by atoms with Gasteiger partial charge in [-0.3, -0.25) is 10.1 Å². The van der Waals surface area contributed by atoms with E-state index in [2.05, 4.69) is 10.3 Å². The molecule has 13 heavy (non-hydrogen) atoms. The van der Waals surface area contributed by atoms with Gasteiger partial charge in [0.25, 0.3) is 5.69 Å². The van der Waals surface area contributed by atoms with Crippen LogP contribution in [0.1, 0.15) is 0 Å². The minimum Gasteiger partial charge on any atom is -0.258 e. The minimum absolute atomic E-state index is 0.0235. The highest BCUT2D eigenvalue weighted by Gasteiger charge is 2.09. The Kier molecular flexibility index (Phi) is 1.63. The maximum Gasteiger partial charge on any atom is 0.271 e. The molecule has 1 aromatic carbocycles. The van der Waals surface area contributed by atoms with Gasteiger partial charge in [0.2, 0.25) is 0 Å². The molecule has 0 saturated heterocycles. The molecule has 1 heterocycles. The van der Waals surface area contributed by atoms with Crippen molar-refractivity contribution in [2.24, 2.45) is 0 Å². The van der Waals surface area contributed by atoms with E-state index < -0.39 is 4.92 Å². The average Bonchev–Trinajstić information content (AvgIpc) is 2.47. The predicted molar refractivity (Wildman–Crippen MR) is 45.4 cm³/mol. The van der Waals surface area contributed by atoms with E-state index in [0.29, 0.717) is 11.0 Å². The minimum atomic E-state index is -0.493. The van der Waals surface area contributed by atoms with E-state index in [1.54, 1.807) is 0 Å². The van der Waals surface area contributed by atoms with Crippen LogP contribution < -0.4 is 0 Å². The number of hydrogen-bond acceptors (Lipinski definition) is 4. The molecule has 0 bridgehead atoms. The quantitative estimate of drug-likeness (QED) is 0.512. The van der Waals surface area contributed by atoms with Crippen molar-refractivity contribution in [3.8, 4) is 0 Å². The van der Waals surface area contributed by atoms with Crippen LogP contribution in [0.4, 0.5) is 5.69 Å². The van der Waals surface area contributed by atoms with Crippen molar-refractivity contribution in [2.75, 3.05) is 0 Å².